The topological polar surface area (TPSA) is 70.1 Å². The summed E-state index contributed by atoms with van der Waals surface area (Å²) in [6.07, 6.45) is 4.79. The maximum Gasteiger partial charge on any atom is 0.419 e. The summed E-state index contributed by atoms with van der Waals surface area (Å²) in [6.45, 7) is 5.54. The van der Waals surface area contributed by atoms with Crippen molar-refractivity contribution in [3.05, 3.63) is 47.5 Å². The minimum Gasteiger partial charge on any atom is -0.443 e. The van der Waals surface area contributed by atoms with Crippen LogP contribution in [0.2, 0.25) is 0 Å². The largest absolute Gasteiger partial charge is 0.443 e. The highest BCUT2D eigenvalue weighted by Gasteiger charge is 2.28. The molecule has 3 rings (SSSR count). The molecule has 2 N–H and O–H groups in total. The standard InChI is InChI=1S/C17H21N3O2/c1-17(2,3)22-16(21)20-9-15(19-10-20)13-8-7-12-11(13)5-4-6-14(12)18/h4-6,9-10,13H,7-8,18H2,1-3H3. The maximum absolute atomic E-state index is 12.1. The van der Waals surface area contributed by atoms with Crippen LogP contribution in [0.5, 0.6) is 0 Å². The smallest absolute Gasteiger partial charge is 0.419 e. The van der Waals surface area contributed by atoms with Crippen LogP contribution in [0.4, 0.5) is 10.5 Å². The van der Waals surface area contributed by atoms with Gasteiger partial charge in [0.1, 0.15) is 11.9 Å². The Balaban J connectivity index is 1.85. The van der Waals surface area contributed by atoms with Gasteiger partial charge in [-0.3, -0.25) is 0 Å². The van der Waals surface area contributed by atoms with E-state index in [2.05, 4.69) is 11.1 Å². The van der Waals surface area contributed by atoms with E-state index in [9.17, 15) is 4.79 Å². The summed E-state index contributed by atoms with van der Waals surface area (Å²) >= 11 is 0. The first-order valence-corrected chi connectivity index (χ1v) is 7.49. The average molecular weight is 299 g/mol. The lowest BCUT2D eigenvalue weighted by atomic mass is 9.98. The molecule has 1 aliphatic rings. The minimum absolute atomic E-state index is 0.196. The number of benzene rings is 1. The zero-order valence-corrected chi connectivity index (χ0v) is 13.2. The average Bonchev–Trinajstić information content (AvgIpc) is 3.03. The molecule has 1 unspecified atom stereocenters. The highest BCUT2D eigenvalue weighted by molar-refractivity contribution is 5.70. The molecule has 116 valence electrons. The van der Waals surface area contributed by atoms with Crippen molar-refractivity contribution in [3.8, 4) is 0 Å². The van der Waals surface area contributed by atoms with E-state index in [-0.39, 0.29) is 5.92 Å². The number of hydrogen-bond acceptors (Lipinski definition) is 4. The van der Waals surface area contributed by atoms with Crippen LogP contribution >= 0.6 is 0 Å². The van der Waals surface area contributed by atoms with Gasteiger partial charge in [0.25, 0.3) is 0 Å². The van der Waals surface area contributed by atoms with Gasteiger partial charge in [-0.15, -0.1) is 0 Å². The van der Waals surface area contributed by atoms with E-state index in [4.69, 9.17) is 10.5 Å². The molecule has 1 aliphatic carbocycles. The van der Waals surface area contributed by atoms with E-state index >= 15 is 0 Å². The molecule has 1 heterocycles. The second kappa shape index (κ2) is 5.16. The molecular formula is C17H21N3O2. The molecule has 1 aromatic carbocycles. The summed E-state index contributed by atoms with van der Waals surface area (Å²) in [5.74, 6) is 0.196. The van der Waals surface area contributed by atoms with Crippen LogP contribution in [0.15, 0.2) is 30.7 Å². The third kappa shape index (κ3) is 2.71. The molecule has 1 atom stereocenters. The van der Waals surface area contributed by atoms with Gasteiger partial charge < -0.3 is 10.5 Å². The molecule has 0 bridgehead atoms. The van der Waals surface area contributed by atoms with Crippen molar-refractivity contribution in [2.45, 2.75) is 45.1 Å². The summed E-state index contributed by atoms with van der Waals surface area (Å²) < 4.78 is 6.76. The molecule has 0 fully saturated rings. The number of nitrogen functional groups attached to an aromatic ring is 1. The van der Waals surface area contributed by atoms with Gasteiger partial charge in [0, 0.05) is 17.8 Å². The van der Waals surface area contributed by atoms with Gasteiger partial charge in [0.2, 0.25) is 0 Å². The Hall–Kier alpha value is -2.30. The third-order valence-corrected chi connectivity index (χ3v) is 3.87. The number of nitrogens with two attached hydrogens (primary N) is 1. The molecule has 0 radical (unpaired) electrons. The van der Waals surface area contributed by atoms with E-state index in [1.807, 2.05) is 32.9 Å². The number of aromatic nitrogens is 2. The maximum atomic E-state index is 12.1. The lowest BCUT2D eigenvalue weighted by molar-refractivity contribution is 0.0536. The number of carbonyl (C=O) groups is 1. The van der Waals surface area contributed by atoms with E-state index in [1.165, 1.54) is 22.0 Å². The van der Waals surface area contributed by atoms with E-state index in [1.54, 1.807) is 6.20 Å². The molecule has 1 aromatic heterocycles. The molecule has 5 nitrogen and oxygen atoms in total. The van der Waals surface area contributed by atoms with Gasteiger partial charge in [-0.05, 0) is 50.8 Å². The fraction of sp³-hybridized carbons (Fsp3) is 0.412. The first-order chi connectivity index (χ1) is 10.3. The molecule has 0 amide bonds. The Labute approximate surface area is 130 Å². The van der Waals surface area contributed by atoms with Gasteiger partial charge in [-0.25, -0.2) is 14.3 Å². The number of anilines is 1. The first kappa shape index (κ1) is 14.6. The summed E-state index contributed by atoms with van der Waals surface area (Å²) in [5, 5.41) is 0. The molecular weight excluding hydrogens is 278 g/mol. The Morgan fingerprint density at radius 3 is 2.91 bits per heavy atom. The fourth-order valence-electron chi connectivity index (χ4n) is 2.92. The van der Waals surface area contributed by atoms with Crippen molar-refractivity contribution in [1.29, 1.82) is 0 Å². The summed E-state index contributed by atoms with van der Waals surface area (Å²) in [7, 11) is 0. The zero-order valence-electron chi connectivity index (χ0n) is 13.2. The Morgan fingerprint density at radius 2 is 2.18 bits per heavy atom. The van der Waals surface area contributed by atoms with Gasteiger partial charge in [0.05, 0.1) is 5.69 Å². The molecule has 0 aliphatic heterocycles. The Bertz CT molecular complexity index is 713. The second-order valence-electron chi connectivity index (χ2n) is 6.69. The summed E-state index contributed by atoms with van der Waals surface area (Å²) in [4.78, 5) is 16.5. The van der Waals surface area contributed by atoms with Crippen molar-refractivity contribution < 1.29 is 9.53 Å². The van der Waals surface area contributed by atoms with Crippen molar-refractivity contribution >= 4 is 11.8 Å². The highest BCUT2D eigenvalue weighted by atomic mass is 16.6. The number of hydrogen-bond donors (Lipinski definition) is 1. The molecule has 0 saturated heterocycles. The van der Waals surface area contributed by atoms with Crippen molar-refractivity contribution in [1.82, 2.24) is 9.55 Å². The van der Waals surface area contributed by atoms with Crippen molar-refractivity contribution in [3.63, 3.8) is 0 Å². The summed E-state index contributed by atoms with van der Waals surface area (Å²) in [5.41, 5.74) is 9.67. The number of fused-ring (bicyclic) bond motifs is 1. The lowest BCUT2D eigenvalue weighted by Crippen LogP contribution is -2.26. The molecule has 22 heavy (non-hydrogen) atoms. The minimum atomic E-state index is -0.518. The van der Waals surface area contributed by atoms with E-state index in [0.29, 0.717) is 0 Å². The number of imidazole rings is 1. The fourth-order valence-corrected chi connectivity index (χ4v) is 2.92. The van der Waals surface area contributed by atoms with Crippen LogP contribution in [0.3, 0.4) is 0 Å². The van der Waals surface area contributed by atoms with Gasteiger partial charge in [-0.2, -0.15) is 0 Å². The van der Waals surface area contributed by atoms with Crippen LogP contribution in [0.25, 0.3) is 0 Å². The number of ether oxygens (including phenoxy) is 1. The second-order valence-corrected chi connectivity index (χ2v) is 6.69. The first-order valence-electron chi connectivity index (χ1n) is 7.49. The van der Waals surface area contributed by atoms with Gasteiger partial charge in [-0.1, -0.05) is 12.1 Å². The van der Waals surface area contributed by atoms with E-state index < -0.39 is 11.7 Å². The summed E-state index contributed by atoms with van der Waals surface area (Å²) in [6, 6.07) is 5.99. The number of nitrogens with zero attached hydrogens (tertiary/aromatic N) is 2. The van der Waals surface area contributed by atoms with Gasteiger partial charge >= 0.3 is 6.09 Å². The monoisotopic (exact) mass is 299 g/mol. The lowest BCUT2D eigenvalue weighted by Gasteiger charge is -2.19. The quantitative estimate of drug-likeness (QED) is 0.820. The predicted octanol–water partition coefficient (Wildman–Crippen LogP) is 3.33. The van der Waals surface area contributed by atoms with Crippen LogP contribution in [-0.2, 0) is 11.2 Å². The van der Waals surface area contributed by atoms with Crippen LogP contribution in [0.1, 0.15) is 49.9 Å². The van der Waals surface area contributed by atoms with E-state index in [0.717, 1.165) is 24.2 Å². The Morgan fingerprint density at radius 1 is 1.41 bits per heavy atom. The molecule has 5 heteroatoms. The van der Waals surface area contributed by atoms with Gasteiger partial charge in [0.15, 0.2) is 0 Å². The van der Waals surface area contributed by atoms with Crippen LogP contribution in [-0.4, -0.2) is 21.2 Å². The van der Waals surface area contributed by atoms with Crippen molar-refractivity contribution in [2.24, 2.45) is 0 Å². The predicted molar refractivity (Wildman–Crippen MR) is 84.9 cm³/mol. The number of rotatable bonds is 1. The molecule has 0 spiro atoms. The van der Waals surface area contributed by atoms with Crippen LogP contribution < -0.4 is 5.73 Å². The highest BCUT2D eigenvalue weighted by Crippen LogP contribution is 2.39. The third-order valence-electron chi connectivity index (χ3n) is 3.87. The molecule has 2 aromatic rings. The number of carbonyl (C=O) groups excluding carboxylic acids is 1. The Kier molecular flexibility index (Phi) is 3.43. The molecule has 0 saturated carbocycles. The van der Waals surface area contributed by atoms with Crippen LogP contribution in [0, 0.1) is 0 Å². The SMILES string of the molecule is CC(C)(C)OC(=O)n1cnc(C2CCc3c(N)cccc32)c1. The normalized spacial score (nSPS) is 17.3. The zero-order chi connectivity index (χ0) is 15.9. The van der Waals surface area contributed by atoms with Crippen molar-refractivity contribution in [2.75, 3.05) is 5.73 Å².